The molecule has 2 aromatic carbocycles. The number of ether oxygens (including phenoxy) is 1. The third-order valence-electron chi connectivity index (χ3n) is 6.92. The van der Waals surface area contributed by atoms with Crippen molar-refractivity contribution in [1.29, 1.82) is 0 Å². The number of hydrogen-bond donors (Lipinski definition) is 1. The summed E-state index contributed by atoms with van der Waals surface area (Å²) in [5.74, 6) is -2.65. The standard InChI is InChI=1S/C28H29Cl2F2N5O2/c29-21-8-4-19(5-9-21)24-25(20-6-10-22(30)11-7-20)34-26(39-27(38)35-37-14-2-1-3-15-37)23(33-24)18-36-16-12-28(31,32)13-17-36/h4-11H,1-3,12-18H2,(H,35,38). The van der Waals surface area contributed by atoms with E-state index in [0.29, 0.717) is 27.1 Å². The van der Waals surface area contributed by atoms with Gasteiger partial charge in [-0.05, 0) is 37.1 Å². The minimum atomic E-state index is -2.68. The molecule has 1 N–H and O–H groups in total. The minimum Gasteiger partial charge on any atom is -0.388 e. The van der Waals surface area contributed by atoms with E-state index in [9.17, 15) is 13.6 Å². The zero-order valence-electron chi connectivity index (χ0n) is 21.3. The number of piperidine rings is 2. The van der Waals surface area contributed by atoms with Crippen molar-refractivity contribution < 1.29 is 18.3 Å². The fourth-order valence-electron chi connectivity index (χ4n) is 4.75. The normalized spacial score (nSPS) is 18.1. The van der Waals surface area contributed by atoms with Crippen molar-refractivity contribution in [2.24, 2.45) is 0 Å². The lowest BCUT2D eigenvalue weighted by molar-refractivity contribution is -0.0569. The molecule has 0 saturated carbocycles. The van der Waals surface area contributed by atoms with Gasteiger partial charge in [-0.2, -0.15) is 0 Å². The Balaban J connectivity index is 1.53. The molecule has 7 nitrogen and oxygen atoms in total. The largest absolute Gasteiger partial charge is 0.428 e. The van der Waals surface area contributed by atoms with E-state index in [4.69, 9.17) is 37.9 Å². The molecular weight excluding hydrogens is 547 g/mol. The number of alkyl halides is 2. The van der Waals surface area contributed by atoms with Gasteiger partial charge in [-0.15, -0.1) is 0 Å². The molecule has 3 heterocycles. The predicted molar refractivity (Wildman–Crippen MR) is 147 cm³/mol. The van der Waals surface area contributed by atoms with Crippen LogP contribution >= 0.6 is 23.2 Å². The quantitative estimate of drug-likeness (QED) is 0.347. The highest BCUT2D eigenvalue weighted by Crippen LogP contribution is 2.35. The number of hydrazine groups is 1. The summed E-state index contributed by atoms with van der Waals surface area (Å²) in [6.45, 7) is 2.08. The first kappa shape index (κ1) is 27.7. The molecule has 1 amide bonds. The number of likely N-dealkylation sites (tertiary alicyclic amines) is 1. The lowest BCUT2D eigenvalue weighted by Gasteiger charge is -2.31. The minimum absolute atomic E-state index is 0.0320. The van der Waals surface area contributed by atoms with Gasteiger partial charge < -0.3 is 4.74 Å². The van der Waals surface area contributed by atoms with Crippen molar-refractivity contribution in [3.8, 4) is 28.4 Å². The molecule has 2 aliphatic heterocycles. The molecule has 0 bridgehead atoms. The fourth-order valence-corrected chi connectivity index (χ4v) is 5.01. The molecule has 2 fully saturated rings. The predicted octanol–water partition coefficient (Wildman–Crippen LogP) is 6.84. The maximum Gasteiger partial charge on any atom is 0.428 e. The molecule has 0 atom stereocenters. The molecule has 0 unspecified atom stereocenters. The summed E-state index contributed by atoms with van der Waals surface area (Å²) in [5, 5.41) is 2.97. The summed E-state index contributed by atoms with van der Waals surface area (Å²) >= 11 is 12.3. The topological polar surface area (TPSA) is 70.6 Å². The third-order valence-corrected chi connectivity index (χ3v) is 7.43. The van der Waals surface area contributed by atoms with E-state index in [1.165, 1.54) is 0 Å². The van der Waals surface area contributed by atoms with Gasteiger partial charge in [0, 0.05) is 66.7 Å². The number of rotatable bonds is 6. The number of amides is 1. The highest BCUT2D eigenvalue weighted by molar-refractivity contribution is 6.31. The van der Waals surface area contributed by atoms with Crippen LogP contribution in [0.1, 0.15) is 37.8 Å². The van der Waals surface area contributed by atoms with E-state index in [1.54, 1.807) is 24.3 Å². The highest BCUT2D eigenvalue weighted by atomic mass is 35.5. The summed E-state index contributed by atoms with van der Waals surface area (Å²) in [6.07, 6.45) is 1.95. The molecular formula is C28H29Cl2F2N5O2. The molecule has 11 heteroatoms. The van der Waals surface area contributed by atoms with Crippen molar-refractivity contribution in [3.05, 3.63) is 64.3 Å². The van der Waals surface area contributed by atoms with Crippen LogP contribution in [0.2, 0.25) is 10.0 Å². The number of hydrogen-bond acceptors (Lipinski definition) is 6. The van der Waals surface area contributed by atoms with Crippen molar-refractivity contribution in [2.75, 3.05) is 26.2 Å². The van der Waals surface area contributed by atoms with Gasteiger partial charge in [0.1, 0.15) is 11.4 Å². The number of benzene rings is 2. The van der Waals surface area contributed by atoms with Crippen molar-refractivity contribution in [2.45, 2.75) is 44.6 Å². The molecule has 0 aliphatic carbocycles. The third kappa shape index (κ3) is 7.22. The van der Waals surface area contributed by atoms with Gasteiger partial charge in [0.05, 0.1) is 5.69 Å². The number of carbonyl (C=O) groups is 1. The number of nitrogens with one attached hydrogen (secondary N) is 1. The number of nitrogens with zero attached hydrogens (tertiary/aromatic N) is 4. The van der Waals surface area contributed by atoms with Gasteiger partial charge in [-0.3, -0.25) is 10.3 Å². The average molecular weight is 576 g/mol. The van der Waals surface area contributed by atoms with E-state index in [1.807, 2.05) is 34.2 Å². The second kappa shape index (κ2) is 12.1. The van der Waals surface area contributed by atoms with Crippen molar-refractivity contribution in [1.82, 2.24) is 25.3 Å². The maximum atomic E-state index is 13.8. The molecule has 39 heavy (non-hydrogen) atoms. The Labute approximate surface area is 236 Å². The van der Waals surface area contributed by atoms with Crippen LogP contribution < -0.4 is 10.2 Å². The van der Waals surface area contributed by atoms with Crippen LogP contribution in [0.5, 0.6) is 5.88 Å². The Morgan fingerprint density at radius 3 is 1.95 bits per heavy atom. The van der Waals surface area contributed by atoms with Crippen LogP contribution in [0.25, 0.3) is 22.5 Å². The first-order valence-corrected chi connectivity index (χ1v) is 13.8. The van der Waals surface area contributed by atoms with Crippen LogP contribution in [0.3, 0.4) is 0 Å². The lowest BCUT2D eigenvalue weighted by Crippen LogP contribution is -2.46. The molecule has 5 rings (SSSR count). The molecule has 3 aromatic rings. The zero-order valence-corrected chi connectivity index (χ0v) is 22.8. The second-order valence-corrected chi connectivity index (χ2v) is 10.7. The van der Waals surface area contributed by atoms with Crippen LogP contribution in [0.4, 0.5) is 13.6 Å². The van der Waals surface area contributed by atoms with Gasteiger partial charge in [-0.1, -0.05) is 53.9 Å². The smallest absolute Gasteiger partial charge is 0.388 e. The van der Waals surface area contributed by atoms with Crippen LogP contribution in [0, 0.1) is 0 Å². The lowest BCUT2D eigenvalue weighted by atomic mass is 10.0. The molecule has 2 aliphatic rings. The van der Waals surface area contributed by atoms with Crippen LogP contribution in [-0.4, -0.2) is 58.1 Å². The van der Waals surface area contributed by atoms with E-state index in [0.717, 1.165) is 43.5 Å². The Morgan fingerprint density at radius 2 is 1.38 bits per heavy atom. The average Bonchev–Trinajstić information content (AvgIpc) is 2.92. The maximum absolute atomic E-state index is 13.8. The monoisotopic (exact) mass is 575 g/mol. The number of aromatic nitrogens is 2. The number of halogens is 4. The first-order chi connectivity index (χ1) is 18.8. The van der Waals surface area contributed by atoms with E-state index in [2.05, 4.69) is 5.43 Å². The van der Waals surface area contributed by atoms with Crippen LogP contribution in [-0.2, 0) is 6.54 Å². The van der Waals surface area contributed by atoms with Gasteiger partial charge in [0.2, 0.25) is 5.88 Å². The molecule has 1 aromatic heterocycles. The first-order valence-electron chi connectivity index (χ1n) is 13.0. The summed E-state index contributed by atoms with van der Waals surface area (Å²) in [6, 6.07) is 14.3. The fraction of sp³-hybridized carbons (Fsp3) is 0.393. The SMILES string of the molecule is O=C(NN1CCCCC1)Oc1nc(-c2ccc(Cl)cc2)c(-c2ccc(Cl)cc2)nc1CN1CCC(F)(F)CC1. The zero-order chi connectivity index (χ0) is 27.4. The summed E-state index contributed by atoms with van der Waals surface area (Å²) in [4.78, 5) is 24.5. The van der Waals surface area contributed by atoms with Crippen molar-refractivity contribution >= 4 is 29.3 Å². The van der Waals surface area contributed by atoms with E-state index < -0.39 is 12.0 Å². The summed E-state index contributed by atoms with van der Waals surface area (Å²) in [7, 11) is 0. The molecule has 2 saturated heterocycles. The summed E-state index contributed by atoms with van der Waals surface area (Å²) in [5.41, 5.74) is 5.70. The Bertz CT molecular complexity index is 1290. The van der Waals surface area contributed by atoms with Gasteiger partial charge in [0.15, 0.2) is 0 Å². The second-order valence-electron chi connectivity index (χ2n) is 9.87. The van der Waals surface area contributed by atoms with Crippen molar-refractivity contribution in [3.63, 3.8) is 0 Å². The molecule has 0 spiro atoms. The van der Waals surface area contributed by atoms with Gasteiger partial charge >= 0.3 is 6.09 Å². The van der Waals surface area contributed by atoms with E-state index in [-0.39, 0.29) is 38.4 Å². The molecule has 0 radical (unpaired) electrons. The summed E-state index contributed by atoms with van der Waals surface area (Å²) < 4.78 is 33.4. The number of carbonyl (C=O) groups excluding carboxylic acids is 1. The highest BCUT2D eigenvalue weighted by Gasteiger charge is 2.34. The Kier molecular flexibility index (Phi) is 8.61. The van der Waals surface area contributed by atoms with E-state index >= 15 is 0 Å². The van der Waals surface area contributed by atoms with Gasteiger partial charge in [-0.25, -0.2) is 28.6 Å². The van der Waals surface area contributed by atoms with Gasteiger partial charge in [0.25, 0.3) is 5.92 Å². The Hall–Kier alpha value is -2.85. The Morgan fingerprint density at radius 1 is 0.846 bits per heavy atom. The van der Waals surface area contributed by atoms with Crippen LogP contribution in [0.15, 0.2) is 48.5 Å². The molecule has 206 valence electrons.